The fourth-order valence-electron chi connectivity index (χ4n) is 3.55. The van der Waals surface area contributed by atoms with Gasteiger partial charge in [-0.15, -0.1) is 0 Å². The summed E-state index contributed by atoms with van der Waals surface area (Å²) in [6.07, 6.45) is 4.58. The van der Waals surface area contributed by atoms with E-state index in [1.165, 1.54) is 24.0 Å². The lowest BCUT2D eigenvalue weighted by atomic mass is 9.88. The van der Waals surface area contributed by atoms with E-state index in [4.69, 9.17) is 9.26 Å². The van der Waals surface area contributed by atoms with Crippen LogP contribution >= 0.6 is 0 Å². The van der Waals surface area contributed by atoms with Crippen molar-refractivity contribution >= 4 is 0 Å². The number of nitrogens with zero attached hydrogens (tertiary/aromatic N) is 3. The predicted molar refractivity (Wildman–Crippen MR) is 102 cm³/mol. The largest absolute Gasteiger partial charge is 0.490 e. The van der Waals surface area contributed by atoms with E-state index in [1.54, 1.807) is 12.1 Å². The van der Waals surface area contributed by atoms with Crippen LogP contribution in [0.15, 0.2) is 40.9 Å². The van der Waals surface area contributed by atoms with E-state index in [2.05, 4.69) is 34.4 Å². The maximum Gasteiger partial charge on any atom is 0.258 e. The van der Waals surface area contributed by atoms with Crippen LogP contribution in [0.2, 0.25) is 0 Å². The number of hydrogen-bond donors (Lipinski definition) is 0. The molecule has 5 nitrogen and oxygen atoms in total. The first-order valence-corrected chi connectivity index (χ1v) is 9.31. The molecule has 3 aromatic rings. The molecule has 0 aliphatic heterocycles. The highest BCUT2D eigenvalue weighted by atomic mass is 16.5. The zero-order valence-electron chi connectivity index (χ0n) is 15.5. The number of aromatic nitrogens is 2. The summed E-state index contributed by atoms with van der Waals surface area (Å²) in [5.41, 5.74) is 4.92. The van der Waals surface area contributed by atoms with Crippen molar-refractivity contribution in [3.63, 3.8) is 0 Å². The molecule has 5 heteroatoms. The number of fused-ring (bicyclic) bond motifs is 1. The van der Waals surface area contributed by atoms with Crippen molar-refractivity contribution in [2.45, 2.75) is 45.6 Å². The molecule has 0 fully saturated rings. The van der Waals surface area contributed by atoms with Gasteiger partial charge in [0.25, 0.3) is 5.89 Å². The van der Waals surface area contributed by atoms with E-state index >= 15 is 0 Å². The highest BCUT2D eigenvalue weighted by Gasteiger charge is 2.19. The lowest BCUT2D eigenvalue weighted by Gasteiger charge is -2.17. The first-order chi connectivity index (χ1) is 13.2. The fraction of sp³-hybridized carbons (Fsp3) is 0.318. The Kier molecular flexibility index (Phi) is 4.64. The molecule has 0 N–H and O–H groups in total. The molecule has 0 atom stereocenters. The summed E-state index contributed by atoms with van der Waals surface area (Å²) in [4.78, 5) is 4.60. The van der Waals surface area contributed by atoms with Gasteiger partial charge in [-0.1, -0.05) is 23.4 Å². The molecule has 0 saturated carbocycles. The maximum atomic E-state index is 9.42. The Morgan fingerprint density at radius 1 is 1.15 bits per heavy atom. The van der Waals surface area contributed by atoms with Crippen LogP contribution in [0, 0.1) is 11.3 Å². The van der Waals surface area contributed by atoms with Crippen LogP contribution in [0.5, 0.6) is 5.75 Å². The van der Waals surface area contributed by atoms with Crippen LogP contribution in [0.3, 0.4) is 0 Å². The molecular weight excluding hydrogens is 338 g/mol. The third kappa shape index (κ3) is 3.43. The van der Waals surface area contributed by atoms with Gasteiger partial charge in [0.2, 0.25) is 5.82 Å². The second-order valence-corrected chi connectivity index (χ2v) is 7.06. The molecule has 0 unspecified atom stereocenters. The second-order valence-electron chi connectivity index (χ2n) is 7.06. The minimum atomic E-state index is 0.00205. The van der Waals surface area contributed by atoms with Gasteiger partial charge in [0.05, 0.1) is 11.7 Å². The predicted octanol–water partition coefficient (Wildman–Crippen LogP) is 4.94. The van der Waals surface area contributed by atoms with Crippen LogP contribution in [0.25, 0.3) is 22.8 Å². The molecule has 27 heavy (non-hydrogen) atoms. The number of ether oxygens (including phenoxy) is 1. The third-order valence-corrected chi connectivity index (χ3v) is 4.77. The van der Waals surface area contributed by atoms with E-state index in [0.29, 0.717) is 28.6 Å². The first-order valence-electron chi connectivity index (χ1n) is 9.31. The molecule has 0 spiro atoms. The molecule has 1 aromatic heterocycles. The van der Waals surface area contributed by atoms with Crippen molar-refractivity contribution < 1.29 is 9.26 Å². The number of benzene rings is 2. The zero-order chi connectivity index (χ0) is 18.8. The lowest BCUT2D eigenvalue weighted by Crippen LogP contribution is -2.06. The Morgan fingerprint density at radius 2 is 2.00 bits per heavy atom. The van der Waals surface area contributed by atoms with Crippen molar-refractivity contribution in [2.24, 2.45) is 0 Å². The molecule has 2 aromatic carbocycles. The minimum Gasteiger partial charge on any atom is -0.490 e. The number of rotatable bonds is 4. The summed E-state index contributed by atoms with van der Waals surface area (Å²) in [6, 6.07) is 13.8. The quantitative estimate of drug-likeness (QED) is 0.659. The van der Waals surface area contributed by atoms with Gasteiger partial charge < -0.3 is 9.26 Å². The number of nitriles is 1. The van der Waals surface area contributed by atoms with Crippen LogP contribution in [0.1, 0.15) is 43.4 Å². The van der Waals surface area contributed by atoms with Gasteiger partial charge in [-0.3, -0.25) is 0 Å². The average Bonchev–Trinajstić information content (AvgIpc) is 3.17. The van der Waals surface area contributed by atoms with Crippen molar-refractivity contribution in [3.05, 3.63) is 53.1 Å². The van der Waals surface area contributed by atoms with Gasteiger partial charge in [-0.2, -0.15) is 10.2 Å². The highest BCUT2D eigenvalue weighted by molar-refractivity contribution is 5.66. The molecule has 0 radical (unpaired) electrons. The molecule has 136 valence electrons. The van der Waals surface area contributed by atoms with E-state index in [1.807, 2.05) is 19.9 Å². The standard InChI is InChI=1S/C22H21N3O2/c1-14(2)26-20-11-10-16(12-17(20)13-23)22-24-21(25-27-22)19-9-5-7-15-6-3-4-8-18(15)19/h5,7,9-12,14H,3-4,6,8H2,1-2H3. The minimum absolute atomic E-state index is 0.00205. The van der Waals surface area contributed by atoms with Crippen molar-refractivity contribution in [1.82, 2.24) is 10.1 Å². The summed E-state index contributed by atoms with van der Waals surface area (Å²) in [7, 11) is 0. The van der Waals surface area contributed by atoms with Crippen LogP contribution in [0.4, 0.5) is 0 Å². The van der Waals surface area contributed by atoms with Crippen molar-refractivity contribution in [3.8, 4) is 34.7 Å². The van der Waals surface area contributed by atoms with Crippen molar-refractivity contribution in [2.75, 3.05) is 0 Å². The zero-order valence-corrected chi connectivity index (χ0v) is 15.5. The molecule has 1 aliphatic rings. The molecule has 1 heterocycles. The van der Waals surface area contributed by atoms with Gasteiger partial charge in [0.1, 0.15) is 11.8 Å². The Balaban J connectivity index is 1.69. The Hall–Kier alpha value is -3.13. The normalized spacial score (nSPS) is 13.3. The first kappa shape index (κ1) is 17.3. The molecule has 0 saturated heterocycles. The highest BCUT2D eigenvalue weighted by Crippen LogP contribution is 2.32. The lowest BCUT2D eigenvalue weighted by molar-refractivity contribution is 0.242. The van der Waals surface area contributed by atoms with E-state index in [0.717, 1.165) is 18.4 Å². The van der Waals surface area contributed by atoms with Crippen LogP contribution < -0.4 is 4.74 Å². The van der Waals surface area contributed by atoms with Crippen LogP contribution in [-0.2, 0) is 12.8 Å². The van der Waals surface area contributed by atoms with E-state index < -0.39 is 0 Å². The second kappa shape index (κ2) is 7.24. The fourth-order valence-corrected chi connectivity index (χ4v) is 3.55. The number of hydrogen-bond acceptors (Lipinski definition) is 5. The van der Waals surface area contributed by atoms with Crippen molar-refractivity contribution in [1.29, 1.82) is 5.26 Å². The van der Waals surface area contributed by atoms with Gasteiger partial charge >= 0.3 is 0 Å². The summed E-state index contributed by atoms with van der Waals surface area (Å²) in [5, 5.41) is 13.6. The molecule has 0 amide bonds. The molecular formula is C22H21N3O2. The number of aryl methyl sites for hydroxylation is 1. The summed E-state index contributed by atoms with van der Waals surface area (Å²) in [5.74, 6) is 1.57. The Labute approximate surface area is 158 Å². The van der Waals surface area contributed by atoms with E-state index in [-0.39, 0.29) is 6.10 Å². The smallest absolute Gasteiger partial charge is 0.258 e. The third-order valence-electron chi connectivity index (χ3n) is 4.77. The van der Waals surface area contributed by atoms with Gasteiger partial charge in [-0.05, 0) is 68.9 Å². The SMILES string of the molecule is CC(C)Oc1ccc(-c2nc(-c3cccc4c3CCCC4)no2)cc1C#N. The monoisotopic (exact) mass is 359 g/mol. The summed E-state index contributed by atoms with van der Waals surface area (Å²) < 4.78 is 11.2. The average molecular weight is 359 g/mol. The Morgan fingerprint density at radius 3 is 2.81 bits per heavy atom. The summed E-state index contributed by atoms with van der Waals surface area (Å²) >= 11 is 0. The topological polar surface area (TPSA) is 71.9 Å². The van der Waals surface area contributed by atoms with Gasteiger partial charge in [-0.25, -0.2) is 0 Å². The summed E-state index contributed by atoms with van der Waals surface area (Å²) in [6.45, 7) is 3.86. The van der Waals surface area contributed by atoms with E-state index in [9.17, 15) is 5.26 Å². The van der Waals surface area contributed by atoms with Gasteiger partial charge in [0.15, 0.2) is 0 Å². The molecule has 4 rings (SSSR count). The molecule has 0 bridgehead atoms. The van der Waals surface area contributed by atoms with Crippen LogP contribution in [-0.4, -0.2) is 16.2 Å². The van der Waals surface area contributed by atoms with Gasteiger partial charge in [0, 0.05) is 11.1 Å². The molecule has 1 aliphatic carbocycles. The Bertz CT molecular complexity index is 1010. The maximum absolute atomic E-state index is 9.42.